The van der Waals surface area contributed by atoms with Gasteiger partial charge in [-0.25, -0.2) is 0 Å². The van der Waals surface area contributed by atoms with E-state index in [9.17, 15) is 5.11 Å². The Bertz CT molecular complexity index is 192. The van der Waals surface area contributed by atoms with Crippen LogP contribution in [0.3, 0.4) is 0 Å². The summed E-state index contributed by atoms with van der Waals surface area (Å²) in [7, 11) is 0. The lowest BCUT2D eigenvalue weighted by molar-refractivity contribution is 0.105. The highest BCUT2D eigenvalue weighted by Gasteiger charge is 2.26. The van der Waals surface area contributed by atoms with Gasteiger partial charge in [-0.3, -0.25) is 0 Å². The van der Waals surface area contributed by atoms with Crippen molar-refractivity contribution in [1.29, 1.82) is 0 Å². The summed E-state index contributed by atoms with van der Waals surface area (Å²) in [6.45, 7) is 4.08. The minimum absolute atomic E-state index is 0.0803. The van der Waals surface area contributed by atoms with Crippen LogP contribution in [0.1, 0.15) is 39.0 Å². The Morgan fingerprint density at radius 3 is 2.87 bits per heavy atom. The minimum Gasteiger partial charge on any atom is -0.393 e. The third-order valence-corrected chi connectivity index (χ3v) is 3.82. The molecule has 3 heteroatoms. The SMILES string of the molecule is CC(NC1CCCC(O)C1)C1CCOC1. The molecular weight excluding hydrogens is 190 g/mol. The van der Waals surface area contributed by atoms with Crippen LogP contribution in [0.25, 0.3) is 0 Å². The molecule has 2 N–H and O–H groups in total. The van der Waals surface area contributed by atoms with Crippen molar-refractivity contribution in [2.24, 2.45) is 5.92 Å². The van der Waals surface area contributed by atoms with Gasteiger partial charge in [0, 0.05) is 18.7 Å². The Hall–Kier alpha value is -0.120. The van der Waals surface area contributed by atoms with Gasteiger partial charge >= 0.3 is 0 Å². The van der Waals surface area contributed by atoms with Crippen LogP contribution in [0.5, 0.6) is 0 Å². The average Bonchev–Trinajstić information content (AvgIpc) is 2.70. The molecule has 0 spiro atoms. The lowest BCUT2D eigenvalue weighted by Crippen LogP contribution is -2.44. The van der Waals surface area contributed by atoms with Crippen LogP contribution in [0.2, 0.25) is 0 Å². The summed E-state index contributed by atoms with van der Waals surface area (Å²) in [6.07, 6.45) is 5.39. The zero-order valence-corrected chi connectivity index (χ0v) is 9.61. The number of ether oxygens (including phenoxy) is 1. The van der Waals surface area contributed by atoms with E-state index in [0.717, 1.165) is 32.5 Å². The molecule has 1 aliphatic heterocycles. The largest absolute Gasteiger partial charge is 0.393 e. The highest BCUT2D eigenvalue weighted by Crippen LogP contribution is 2.22. The zero-order valence-electron chi connectivity index (χ0n) is 9.61. The first-order valence-corrected chi connectivity index (χ1v) is 6.27. The maximum atomic E-state index is 9.59. The molecule has 0 aromatic carbocycles. The molecule has 4 unspecified atom stereocenters. The third-order valence-electron chi connectivity index (χ3n) is 3.82. The van der Waals surface area contributed by atoms with Crippen LogP contribution in [0.4, 0.5) is 0 Å². The van der Waals surface area contributed by atoms with Crippen LogP contribution in [0, 0.1) is 5.92 Å². The molecule has 3 nitrogen and oxygen atoms in total. The Morgan fingerprint density at radius 1 is 1.33 bits per heavy atom. The lowest BCUT2D eigenvalue weighted by Gasteiger charge is -2.31. The van der Waals surface area contributed by atoms with Gasteiger partial charge in [-0.05, 0) is 44.9 Å². The highest BCUT2D eigenvalue weighted by atomic mass is 16.5. The fourth-order valence-electron chi connectivity index (χ4n) is 2.77. The quantitative estimate of drug-likeness (QED) is 0.742. The van der Waals surface area contributed by atoms with Gasteiger partial charge in [0.05, 0.1) is 12.7 Å². The van der Waals surface area contributed by atoms with Crippen molar-refractivity contribution >= 4 is 0 Å². The van der Waals surface area contributed by atoms with Crippen LogP contribution in [-0.2, 0) is 4.74 Å². The first-order chi connectivity index (χ1) is 7.25. The van der Waals surface area contributed by atoms with Gasteiger partial charge in [-0.1, -0.05) is 0 Å². The molecule has 2 rings (SSSR count). The summed E-state index contributed by atoms with van der Waals surface area (Å²) in [5.74, 6) is 0.670. The first kappa shape index (κ1) is 11.4. The standard InChI is InChI=1S/C12H23NO2/c1-9(10-5-6-15-8-10)13-11-3-2-4-12(14)7-11/h9-14H,2-8H2,1H3. The maximum absolute atomic E-state index is 9.59. The monoisotopic (exact) mass is 213 g/mol. The van der Waals surface area contributed by atoms with Gasteiger partial charge in [0.1, 0.15) is 0 Å². The van der Waals surface area contributed by atoms with Gasteiger partial charge in [0.25, 0.3) is 0 Å². The molecular formula is C12H23NO2. The van der Waals surface area contributed by atoms with E-state index in [0.29, 0.717) is 18.0 Å². The van der Waals surface area contributed by atoms with Gasteiger partial charge < -0.3 is 15.2 Å². The van der Waals surface area contributed by atoms with Crippen molar-refractivity contribution in [3.63, 3.8) is 0 Å². The molecule has 1 heterocycles. The summed E-state index contributed by atoms with van der Waals surface area (Å²) in [6, 6.07) is 1.05. The van der Waals surface area contributed by atoms with E-state index < -0.39 is 0 Å². The van der Waals surface area contributed by atoms with E-state index in [-0.39, 0.29) is 6.10 Å². The van der Waals surface area contributed by atoms with E-state index in [1.165, 1.54) is 12.8 Å². The molecule has 0 aromatic heterocycles. The van der Waals surface area contributed by atoms with Gasteiger partial charge in [0.2, 0.25) is 0 Å². The molecule has 0 amide bonds. The van der Waals surface area contributed by atoms with Crippen molar-refractivity contribution in [1.82, 2.24) is 5.32 Å². The predicted molar refractivity (Wildman–Crippen MR) is 59.8 cm³/mol. The van der Waals surface area contributed by atoms with E-state index in [1.807, 2.05) is 0 Å². The Labute approximate surface area is 92.2 Å². The van der Waals surface area contributed by atoms with Gasteiger partial charge in [0.15, 0.2) is 0 Å². The summed E-state index contributed by atoms with van der Waals surface area (Å²) in [5.41, 5.74) is 0. The van der Waals surface area contributed by atoms with Crippen LogP contribution in [-0.4, -0.2) is 36.5 Å². The molecule has 4 atom stereocenters. The number of aliphatic hydroxyl groups excluding tert-OH is 1. The van der Waals surface area contributed by atoms with E-state index in [2.05, 4.69) is 12.2 Å². The van der Waals surface area contributed by atoms with E-state index in [4.69, 9.17) is 4.74 Å². The molecule has 0 radical (unpaired) electrons. The third kappa shape index (κ3) is 3.16. The molecule has 0 aromatic rings. The molecule has 15 heavy (non-hydrogen) atoms. The number of nitrogens with one attached hydrogen (secondary N) is 1. The molecule has 1 saturated carbocycles. The topological polar surface area (TPSA) is 41.5 Å². The summed E-state index contributed by atoms with van der Waals surface area (Å²) in [4.78, 5) is 0. The molecule has 88 valence electrons. The van der Waals surface area contributed by atoms with Crippen molar-refractivity contribution in [2.45, 2.75) is 57.2 Å². The van der Waals surface area contributed by atoms with Crippen LogP contribution >= 0.6 is 0 Å². The lowest BCUT2D eigenvalue weighted by atomic mass is 9.91. The van der Waals surface area contributed by atoms with Crippen LogP contribution < -0.4 is 5.32 Å². The van der Waals surface area contributed by atoms with Crippen molar-refractivity contribution in [2.75, 3.05) is 13.2 Å². The predicted octanol–water partition coefficient (Wildman–Crippen LogP) is 1.30. The van der Waals surface area contributed by atoms with Crippen molar-refractivity contribution in [3.05, 3.63) is 0 Å². The van der Waals surface area contributed by atoms with Gasteiger partial charge in [-0.15, -0.1) is 0 Å². The Kier molecular flexibility index (Phi) is 4.00. The fourth-order valence-corrected chi connectivity index (χ4v) is 2.77. The normalized spacial score (nSPS) is 39.2. The second-order valence-electron chi connectivity index (χ2n) is 5.10. The number of rotatable bonds is 3. The average molecular weight is 213 g/mol. The van der Waals surface area contributed by atoms with Crippen molar-refractivity contribution < 1.29 is 9.84 Å². The summed E-state index contributed by atoms with van der Waals surface area (Å²) >= 11 is 0. The molecule has 0 bridgehead atoms. The van der Waals surface area contributed by atoms with Gasteiger partial charge in [-0.2, -0.15) is 0 Å². The molecule has 2 fully saturated rings. The highest BCUT2D eigenvalue weighted by molar-refractivity contribution is 4.83. The Balaban J connectivity index is 1.74. The summed E-state index contributed by atoms with van der Waals surface area (Å²) < 4.78 is 5.40. The second-order valence-corrected chi connectivity index (χ2v) is 5.10. The molecule has 2 aliphatic rings. The molecule has 1 saturated heterocycles. The van der Waals surface area contributed by atoms with E-state index in [1.54, 1.807) is 0 Å². The van der Waals surface area contributed by atoms with Crippen molar-refractivity contribution in [3.8, 4) is 0 Å². The van der Waals surface area contributed by atoms with Crippen LogP contribution in [0.15, 0.2) is 0 Å². The smallest absolute Gasteiger partial charge is 0.0555 e. The number of aliphatic hydroxyl groups is 1. The summed E-state index contributed by atoms with van der Waals surface area (Å²) in [5, 5.41) is 13.2. The first-order valence-electron chi connectivity index (χ1n) is 6.27. The molecule has 1 aliphatic carbocycles. The Morgan fingerprint density at radius 2 is 2.20 bits per heavy atom. The fraction of sp³-hybridized carbons (Fsp3) is 1.00. The minimum atomic E-state index is -0.0803. The van der Waals surface area contributed by atoms with E-state index >= 15 is 0 Å². The number of hydrogen-bond donors (Lipinski definition) is 2. The number of hydrogen-bond acceptors (Lipinski definition) is 3. The second kappa shape index (κ2) is 5.28. The maximum Gasteiger partial charge on any atom is 0.0555 e. The zero-order chi connectivity index (χ0) is 10.7.